The van der Waals surface area contributed by atoms with E-state index in [-0.39, 0.29) is 13.0 Å². The van der Waals surface area contributed by atoms with Gasteiger partial charge < -0.3 is 30.1 Å². The SMILES string of the molecule is CCOc1ccc2c(OC3CC(C(=O)O)N(C(=O)[C@@H](NC(=O)NC(C)(C)C)C(C)(C)C)C3)nccc2c1. The van der Waals surface area contributed by atoms with Gasteiger partial charge in [0.05, 0.1) is 13.2 Å². The highest BCUT2D eigenvalue weighted by atomic mass is 16.5. The Hall–Kier alpha value is -3.56. The summed E-state index contributed by atoms with van der Waals surface area (Å²) in [6, 6.07) is 4.89. The largest absolute Gasteiger partial charge is 0.494 e. The van der Waals surface area contributed by atoms with E-state index in [2.05, 4.69) is 15.6 Å². The van der Waals surface area contributed by atoms with Gasteiger partial charge in [-0.1, -0.05) is 20.8 Å². The lowest BCUT2D eigenvalue weighted by molar-refractivity contribution is -0.150. The van der Waals surface area contributed by atoms with Crippen LogP contribution in [0.3, 0.4) is 0 Å². The molecular weight excluding hydrogens is 476 g/mol. The minimum absolute atomic E-state index is 0.0556. The number of hydrogen-bond acceptors (Lipinski definition) is 6. The number of nitrogens with zero attached hydrogens (tertiary/aromatic N) is 2. The smallest absolute Gasteiger partial charge is 0.326 e. The summed E-state index contributed by atoms with van der Waals surface area (Å²) >= 11 is 0. The highest BCUT2D eigenvalue weighted by molar-refractivity contribution is 5.91. The number of pyridine rings is 1. The monoisotopic (exact) mass is 514 g/mol. The zero-order valence-corrected chi connectivity index (χ0v) is 22.6. The molecule has 2 heterocycles. The molecule has 1 aromatic carbocycles. The van der Waals surface area contributed by atoms with Crippen molar-refractivity contribution in [2.45, 2.75) is 78.6 Å². The molecule has 37 heavy (non-hydrogen) atoms. The zero-order valence-electron chi connectivity index (χ0n) is 22.6. The van der Waals surface area contributed by atoms with Crippen molar-refractivity contribution in [1.29, 1.82) is 0 Å². The first kappa shape index (κ1) is 28.0. The molecule has 3 amide bonds. The molecule has 0 bridgehead atoms. The Labute approximate surface area is 217 Å². The molecule has 3 atom stereocenters. The van der Waals surface area contributed by atoms with Crippen LogP contribution in [0.4, 0.5) is 4.79 Å². The molecule has 0 saturated carbocycles. The van der Waals surface area contributed by atoms with Crippen molar-refractivity contribution in [3.63, 3.8) is 0 Å². The summed E-state index contributed by atoms with van der Waals surface area (Å²) in [5.41, 5.74) is -1.16. The van der Waals surface area contributed by atoms with Crippen LogP contribution in [0.25, 0.3) is 10.8 Å². The first-order valence-corrected chi connectivity index (χ1v) is 12.5. The fraction of sp³-hybridized carbons (Fsp3) is 0.556. The Balaban J connectivity index is 1.82. The number of rotatable bonds is 7. The number of carbonyl (C=O) groups excluding carboxylic acids is 2. The maximum absolute atomic E-state index is 13.7. The second kappa shape index (κ2) is 10.8. The van der Waals surface area contributed by atoms with E-state index >= 15 is 0 Å². The number of aliphatic carboxylic acids is 1. The van der Waals surface area contributed by atoms with E-state index in [0.717, 1.165) is 16.5 Å². The lowest BCUT2D eigenvalue weighted by atomic mass is 9.85. The normalized spacial score (nSPS) is 18.8. The van der Waals surface area contributed by atoms with Gasteiger partial charge in [0, 0.05) is 23.5 Å². The van der Waals surface area contributed by atoms with E-state index < -0.39 is 47.0 Å². The predicted octanol–water partition coefficient (Wildman–Crippen LogP) is 3.58. The molecule has 1 saturated heterocycles. The number of hydrogen-bond donors (Lipinski definition) is 3. The van der Waals surface area contributed by atoms with Gasteiger partial charge in [0.1, 0.15) is 23.9 Å². The summed E-state index contributed by atoms with van der Waals surface area (Å²) in [5.74, 6) is -0.508. The molecule has 1 aliphatic rings. The van der Waals surface area contributed by atoms with E-state index in [0.29, 0.717) is 12.5 Å². The molecule has 0 aliphatic carbocycles. The van der Waals surface area contributed by atoms with Crippen LogP contribution in [0.5, 0.6) is 11.6 Å². The highest BCUT2D eigenvalue weighted by Crippen LogP contribution is 2.31. The number of nitrogens with one attached hydrogen (secondary N) is 2. The van der Waals surface area contributed by atoms with Crippen LogP contribution >= 0.6 is 0 Å². The maximum atomic E-state index is 13.7. The van der Waals surface area contributed by atoms with Crippen LogP contribution in [0.15, 0.2) is 30.5 Å². The third-order valence-corrected chi connectivity index (χ3v) is 6.00. The number of ether oxygens (including phenoxy) is 2. The average molecular weight is 515 g/mol. The summed E-state index contributed by atoms with van der Waals surface area (Å²) in [7, 11) is 0. The average Bonchev–Trinajstić information content (AvgIpc) is 3.20. The number of carbonyl (C=O) groups is 3. The fourth-order valence-corrected chi connectivity index (χ4v) is 4.32. The molecule has 2 aromatic rings. The van der Waals surface area contributed by atoms with Crippen molar-refractivity contribution in [2.24, 2.45) is 5.41 Å². The molecule has 1 aromatic heterocycles. The van der Waals surface area contributed by atoms with Crippen LogP contribution in [0.1, 0.15) is 54.9 Å². The van der Waals surface area contributed by atoms with Crippen molar-refractivity contribution < 1.29 is 29.0 Å². The Bertz CT molecular complexity index is 1150. The van der Waals surface area contributed by atoms with Gasteiger partial charge in [-0.3, -0.25) is 4.79 Å². The molecule has 10 heteroatoms. The van der Waals surface area contributed by atoms with Crippen molar-refractivity contribution >= 4 is 28.7 Å². The summed E-state index contributed by atoms with van der Waals surface area (Å²) in [5, 5.41) is 17.1. The van der Waals surface area contributed by atoms with Gasteiger partial charge in [0.2, 0.25) is 11.8 Å². The molecule has 1 fully saturated rings. The number of likely N-dealkylation sites (tertiary alicyclic amines) is 1. The molecule has 2 unspecified atom stereocenters. The molecule has 202 valence electrons. The minimum atomic E-state index is -1.13. The minimum Gasteiger partial charge on any atom is -0.494 e. The Morgan fingerprint density at radius 2 is 1.86 bits per heavy atom. The van der Waals surface area contributed by atoms with Crippen LogP contribution in [-0.2, 0) is 9.59 Å². The van der Waals surface area contributed by atoms with Crippen molar-refractivity contribution in [2.75, 3.05) is 13.2 Å². The van der Waals surface area contributed by atoms with Gasteiger partial charge in [0.15, 0.2) is 0 Å². The molecule has 1 aliphatic heterocycles. The van der Waals surface area contributed by atoms with E-state index in [1.807, 2.05) is 72.7 Å². The Kier molecular flexibility index (Phi) is 8.19. The number of urea groups is 1. The topological polar surface area (TPSA) is 130 Å². The van der Waals surface area contributed by atoms with Crippen molar-refractivity contribution in [3.05, 3.63) is 30.5 Å². The molecular formula is C27H38N4O6. The van der Waals surface area contributed by atoms with Crippen LogP contribution in [0, 0.1) is 5.41 Å². The molecule has 10 nitrogen and oxygen atoms in total. The third kappa shape index (κ3) is 7.02. The second-order valence-electron chi connectivity index (χ2n) is 11.4. The van der Waals surface area contributed by atoms with Gasteiger partial charge >= 0.3 is 12.0 Å². The fourth-order valence-electron chi connectivity index (χ4n) is 4.32. The number of carboxylic acid groups (broad SMARTS) is 1. The van der Waals surface area contributed by atoms with E-state index in [1.54, 1.807) is 6.20 Å². The first-order valence-electron chi connectivity index (χ1n) is 12.5. The Morgan fingerprint density at radius 1 is 1.16 bits per heavy atom. The van der Waals surface area contributed by atoms with E-state index in [9.17, 15) is 19.5 Å². The third-order valence-electron chi connectivity index (χ3n) is 6.00. The summed E-state index contributed by atoms with van der Waals surface area (Å²) in [6.07, 6.45) is 1.13. The van der Waals surface area contributed by atoms with Crippen LogP contribution in [0.2, 0.25) is 0 Å². The first-order chi connectivity index (χ1) is 17.2. The lowest BCUT2D eigenvalue weighted by Crippen LogP contribution is -2.60. The van der Waals surface area contributed by atoms with Gasteiger partial charge in [-0.2, -0.15) is 0 Å². The quantitative estimate of drug-likeness (QED) is 0.515. The van der Waals surface area contributed by atoms with E-state index in [1.165, 1.54) is 4.90 Å². The Morgan fingerprint density at radius 3 is 2.46 bits per heavy atom. The van der Waals surface area contributed by atoms with Gasteiger partial charge in [-0.15, -0.1) is 0 Å². The second-order valence-corrected chi connectivity index (χ2v) is 11.4. The summed E-state index contributed by atoms with van der Waals surface area (Å²) < 4.78 is 11.7. The predicted molar refractivity (Wildman–Crippen MR) is 140 cm³/mol. The van der Waals surface area contributed by atoms with Gasteiger partial charge in [-0.05, 0) is 62.8 Å². The maximum Gasteiger partial charge on any atom is 0.326 e. The number of fused-ring (bicyclic) bond motifs is 1. The number of carboxylic acids is 1. The van der Waals surface area contributed by atoms with Gasteiger partial charge in [0.25, 0.3) is 0 Å². The number of aromatic nitrogens is 1. The molecule has 3 N–H and O–H groups in total. The molecule has 3 rings (SSSR count). The van der Waals surface area contributed by atoms with Gasteiger partial charge in [-0.25, -0.2) is 14.6 Å². The van der Waals surface area contributed by atoms with Crippen molar-refractivity contribution in [3.8, 4) is 11.6 Å². The van der Waals surface area contributed by atoms with Crippen molar-refractivity contribution in [1.82, 2.24) is 20.5 Å². The number of benzene rings is 1. The van der Waals surface area contributed by atoms with Crippen LogP contribution < -0.4 is 20.1 Å². The summed E-state index contributed by atoms with van der Waals surface area (Å²) in [4.78, 5) is 44.0. The zero-order chi connectivity index (χ0) is 27.5. The van der Waals surface area contributed by atoms with Crippen LogP contribution in [-0.4, -0.2) is 69.8 Å². The lowest BCUT2D eigenvalue weighted by Gasteiger charge is -2.35. The molecule has 0 radical (unpaired) electrons. The summed E-state index contributed by atoms with van der Waals surface area (Å²) in [6.45, 7) is 13.5. The standard InChI is InChI=1S/C27H38N4O6/c1-8-36-17-9-10-19-16(13-17)11-12-28-22(19)37-18-14-20(24(33)34)31(15-18)23(32)21(26(2,3)4)29-25(35)30-27(5,6)7/h9-13,18,20-21H,8,14-15H2,1-7H3,(H,33,34)(H2,29,30,35)/t18?,20?,21-/m1/s1. The number of amides is 3. The van der Waals surface area contributed by atoms with E-state index in [4.69, 9.17) is 9.47 Å². The molecule has 0 spiro atoms. The highest BCUT2D eigenvalue weighted by Gasteiger charge is 2.46.